The summed E-state index contributed by atoms with van der Waals surface area (Å²) in [4.78, 5) is 23.2. The molecule has 7 nitrogen and oxygen atoms in total. The molecule has 0 saturated heterocycles. The highest BCUT2D eigenvalue weighted by atomic mass is 35.5. The van der Waals surface area contributed by atoms with Crippen molar-refractivity contribution in [2.75, 3.05) is 23.3 Å². The van der Waals surface area contributed by atoms with E-state index in [9.17, 15) is 4.79 Å². The molecule has 3 heterocycles. The predicted molar refractivity (Wildman–Crippen MR) is 118 cm³/mol. The normalized spacial score (nSPS) is 11.3. The SMILES string of the molecule is CCN(CC(=O)Nc1cc(Cl)nc(Cl)c1)c1cc(C(C)C)c2c(C)nn(C)c2n1. The van der Waals surface area contributed by atoms with Crippen LogP contribution in [-0.2, 0) is 11.8 Å². The summed E-state index contributed by atoms with van der Waals surface area (Å²) in [6, 6.07) is 5.17. The zero-order chi connectivity index (χ0) is 21.3. The van der Waals surface area contributed by atoms with Gasteiger partial charge in [0.25, 0.3) is 0 Å². The summed E-state index contributed by atoms with van der Waals surface area (Å²) in [6.07, 6.45) is 0. The van der Waals surface area contributed by atoms with Crippen molar-refractivity contribution in [3.63, 3.8) is 0 Å². The fourth-order valence-electron chi connectivity index (χ4n) is 3.35. The van der Waals surface area contributed by atoms with Gasteiger partial charge < -0.3 is 10.2 Å². The van der Waals surface area contributed by atoms with Crippen LogP contribution >= 0.6 is 23.2 Å². The van der Waals surface area contributed by atoms with Crippen LogP contribution in [0.5, 0.6) is 0 Å². The van der Waals surface area contributed by atoms with Crippen LogP contribution in [0, 0.1) is 6.92 Å². The van der Waals surface area contributed by atoms with Gasteiger partial charge in [-0.05, 0) is 43.5 Å². The molecular weight excluding hydrogens is 411 g/mol. The maximum absolute atomic E-state index is 12.6. The molecule has 1 amide bonds. The molecule has 0 aliphatic rings. The maximum Gasteiger partial charge on any atom is 0.243 e. The van der Waals surface area contributed by atoms with Crippen molar-refractivity contribution in [1.82, 2.24) is 19.7 Å². The van der Waals surface area contributed by atoms with Crippen LogP contribution in [-0.4, -0.2) is 38.7 Å². The summed E-state index contributed by atoms with van der Waals surface area (Å²) in [7, 11) is 1.89. The number of aromatic nitrogens is 4. The van der Waals surface area contributed by atoms with E-state index in [-0.39, 0.29) is 22.8 Å². The molecule has 29 heavy (non-hydrogen) atoms. The van der Waals surface area contributed by atoms with Gasteiger partial charge in [0.2, 0.25) is 5.91 Å². The van der Waals surface area contributed by atoms with Gasteiger partial charge in [0.05, 0.1) is 12.2 Å². The second-order valence-corrected chi connectivity index (χ2v) is 7.97. The van der Waals surface area contributed by atoms with E-state index < -0.39 is 0 Å². The number of amides is 1. The molecule has 3 rings (SSSR count). The molecule has 0 fully saturated rings. The molecule has 0 radical (unpaired) electrons. The molecule has 1 N–H and O–H groups in total. The number of likely N-dealkylation sites (N-methyl/N-ethyl adjacent to an activating group) is 1. The first kappa shape index (κ1) is 21.3. The number of aryl methyl sites for hydroxylation is 2. The average Bonchev–Trinajstić information content (AvgIpc) is 2.92. The second kappa shape index (κ2) is 8.55. The van der Waals surface area contributed by atoms with Crippen LogP contribution in [0.4, 0.5) is 11.5 Å². The van der Waals surface area contributed by atoms with Crippen LogP contribution in [0.25, 0.3) is 11.0 Å². The zero-order valence-electron chi connectivity index (χ0n) is 17.1. The lowest BCUT2D eigenvalue weighted by molar-refractivity contribution is -0.115. The summed E-state index contributed by atoms with van der Waals surface area (Å²) in [6.45, 7) is 9.03. The molecule has 0 saturated carbocycles. The van der Waals surface area contributed by atoms with Crippen molar-refractivity contribution in [3.8, 4) is 0 Å². The number of rotatable bonds is 6. The van der Waals surface area contributed by atoms with Crippen LogP contribution in [0.3, 0.4) is 0 Å². The summed E-state index contributed by atoms with van der Waals surface area (Å²) in [5.41, 5.74) is 3.44. The fourth-order valence-corrected chi connectivity index (χ4v) is 3.81. The molecule has 0 aliphatic carbocycles. The molecule has 0 unspecified atom stereocenters. The van der Waals surface area contributed by atoms with E-state index in [1.54, 1.807) is 16.8 Å². The Morgan fingerprint density at radius 2 is 1.86 bits per heavy atom. The van der Waals surface area contributed by atoms with Gasteiger partial charge in [-0.3, -0.25) is 9.48 Å². The molecule has 0 aromatic carbocycles. The smallest absolute Gasteiger partial charge is 0.243 e. The third-order valence-corrected chi connectivity index (χ3v) is 5.08. The Kier molecular flexibility index (Phi) is 6.29. The van der Waals surface area contributed by atoms with E-state index in [0.717, 1.165) is 22.5 Å². The number of halogens is 2. The molecular formula is C20H24Cl2N6O. The van der Waals surface area contributed by atoms with Gasteiger partial charge in [-0.15, -0.1) is 0 Å². The summed E-state index contributed by atoms with van der Waals surface area (Å²) in [5.74, 6) is 0.850. The summed E-state index contributed by atoms with van der Waals surface area (Å²) in [5, 5.41) is 8.85. The van der Waals surface area contributed by atoms with Crippen molar-refractivity contribution in [2.45, 2.75) is 33.6 Å². The molecule has 0 atom stereocenters. The minimum Gasteiger partial charge on any atom is -0.347 e. The van der Waals surface area contributed by atoms with E-state index in [4.69, 9.17) is 28.2 Å². The van der Waals surface area contributed by atoms with E-state index in [1.165, 1.54) is 5.56 Å². The highest BCUT2D eigenvalue weighted by Crippen LogP contribution is 2.30. The number of nitrogens with zero attached hydrogens (tertiary/aromatic N) is 5. The molecule has 0 aliphatic heterocycles. The standard InChI is InChI=1S/C20H24Cl2N6O/c1-6-28(10-18(29)23-13-7-15(21)24-16(22)8-13)17-9-14(11(2)3)19-12(4)26-27(5)20(19)25-17/h7-9,11H,6,10H2,1-5H3,(H,23,24,29). The number of carbonyl (C=O) groups excluding carboxylic acids is 1. The quantitative estimate of drug-likeness (QED) is 0.575. The van der Waals surface area contributed by atoms with Gasteiger partial charge in [-0.25, -0.2) is 9.97 Å². The number of carbonyl (C=O) groups is 1. The number of fused-ring (bicyclic) bond motifs is 1. The Morgan fingerprint density at radius 3 is 2.45 bits per heavy atom. The van der Waals surface area contributed by atoms with Gasteiger partial charge in [0.1, 0.15) is 16.1 Å². The third kappa shape index (κ3) is 4.62. The van der Waals surface area contributed by atoms with Crippen molar-refractivity contribution in [3.05, 3.63) is 39.8 Å². The number of anilines is 2. The van der Waals surface area contributed by atoms with Crippen LogP contribution in [0.2, 0.25) is 10.3 Å². The largest absolute Gasteiger partial charge is 0.347 e. The first-order valence-corrected chi connectivity index (χ1v) is 10.2. The van der Waals surface area contributed by atoms with Crippen LogP contribution < -0.4 is 10.2 Å². The molecule has 0 bridgehead atoms. The average molecular weight is 435 g/mol. The summed E-state index contributed by atoms with van der Waals surface area (Å²) >= 11 is 11.8. The van der Waals surface area contributed by atoms with Gasteiger partial charge in [0.15, 0.2) is 5.65 Å². The van der Waals surface area contributed by atoms with E-state index in [2.05, 4.69) is 35.3 Å². The van der Waals surface area contributed by atoms with Crippen LogP contribution in [0.15, 0.2) is 18.2 Å². The lowest BCUT2D eigenvalue weighted by atomic mass is 9.99. The Bertz CT molecular complexity index is 1040. The topological polar surface area (TPSA) is 75.9 Å². The first-order valence-electron chi connectivity index (χ1n) is 9.41. The molecule has 9 heteroatoms. The first-order chi connectivity index (χ1) is 13.7. The van der Waals surface area contributed by atoms with Crippen molar-refractivity contribution in [2.24, 2.45) is 7.05 Å². The predicted octanol–water partition coefficient (Wildman–Crippen LogP) is 4.57. The van der Waals surface area contributed by atoms with Crippen molar-refractivity contribution >= 4 is 51.6 Å². The van der Waals surface area contributed by atoms with E-state index in [0.29, 0.717) is 18.2 Å². The Morgan fingerprint density at radius 1 is 1.21 bits per heavy atom. The fraction of sp³-hybridized carbons (Fsp3) is 0.400. The third-order valence-electron chi connectivity index (χ3n) is 4.69. The van der Waals surface area contributed by atoms with Gasteiger partial charge in [-0.2, -0.15) is 5.10 Å². The van der Waals surface area contributed by atoms with Gasteiger partial charge >= 0.3 is 0 Å². The second-order valence-electron chi connectivity index (χ2n) is 7.20. The monoisotopic (exact) mass is 434 g/mol. The zero-order valence-corrected chi connectivity index (χ0v) is 18.6. The highest BCUT2D eigenvalue weighted by molar-refractivity contribution is 6.33. The Balaban J connectivity index is 1.90. The van der Waals surface area contributed by atoms with Crippen molar-refractivity contribution < 1.29 is 4.79 Å². The highest BCUT2D eigenvalue weighted by Gasteiger charge is 2.19. The minimum atomic E-state index is -0.195. The lowest BCUT2D eigenvalue weighted by Crippen LogP contribution is -2.34. The molecule has 3 aromatic heterocycles. The molecule has 0 spiro atoms. The number of hydrogen-bond acceptors (Lipinski definition) is 5. The van der Waals surface area contributed by atoms with Gasteiger partial charge in [0, 0.05) is 24.7 Å². The summed E-state index contributed by atoms with van der Waals surface area (Å²) < 4.78 is 1.79. The lowest BCUT2D eigenvalue weighted by Gasteiger charge is -2.23. The Hall–Kier alpha value is -2.38. The van der Waals surface area contributed by atoms with Crippen LogP contribution in [0.1, 0.15) is 37.9 Å². The number of pyridine rings is 2. The maximum atomic E-state index is 12.6. The molecule has 3 aromatic rings. The minimum absolute atomic E-state index is 0.140. The Labute approximate surface area is 180 Å². The molecule has 154 valence electrons. The van der Waals surface area contributed by atoms with Crippen molar-refractivity contribution in [1.29, 1.82) is 0 Å². The van der Waals surface area contributed by atoms with Gasteiger partial charge in [-0.1, -0.05) is 37.0 Å². The van der Waals surface area contributed by atoms with E-state index >= 15 is 0 Å². The van der Waals surface area contributed by atoms with E-state index in [1.807, 2.05) is 25.8 Å². The number of hydrogen-bond donors (Lipinski definition) is 1. The number of nitrogens with one attached hydrogen (secondary N) is 1.